The van der Waals surface area contributed by atoms with Crippen LogP contribution in [0.2, 0.25) is 0 Å². The molecular weight excluding hydrogens is 252 g/mol. The minimum absolute atomic E-state index is 0.187. The molecule has 7 heteroatoms. The van der Waals surface area contributed by atoms with Crippen molar-refractivity contribution in [2.45, 2.75) is 44.9 Å². The summed E-state index contributed by atoms with van der Waals surface area (Å²) in [5.74, 6) is -0.727. The lowest BCUT2D eigenvalue weighted by molar-refractivity contribution is -0.149. The summed E-state index contributed by atoms with van der Waals surface area (Å²) < 4.78 is 14.6. The lowest BCUT2D eigenvalue weighted by Crippen LogP contribution is -2.62. The zero-order valence-electron chi connectivity index (χ0n) is 12.2. The van der Waals surface area contributed by atoms with Crippen molar-refractivity contribution in [3.8, 4) is 0 Å². The number of rotatable bonds is 6. The van der Waals surface area contributed by atoms with E-state index in [0.717, 1.165) is 0 Å². The van der Waals surface area contributed by atoms with Crippen molar-refractivity contribution in [2.75, 3.05) is 20.8 Å². The second kappa shape index (κ2) is 7.30. The van der Waals surface area contributed by atoms with E-state index in [1.807, 2.05) is 0 Å². The van der Waals surface area contributed by atoms with Crippen LogP contribution in [0.5, 0.6) is 0 Å². The standard InChI is InChI=1S/C12H24N2O5/c1-11(2,3)19-10(16)14-12(13,9(15)18-5)7-6-8-17-4/h6-8,13H2,1-5H3,(H,14,16). The van der Waals surface area contributed by atoms with E-state index in [4.69, 9.17) is 15.2 Å². The molecule has 3 N–H and O–H groups in total. The highest BCUT2D eigenvalue weighted by Gasteiger charge is 2.37. The Morgan fingerprint density at radius 3 is 2.21 bits per heavy atom. The molecule has 0 aliphatic heterocycles. The van der Waals surface area contributed by atoms with Gasteiger partial charge in [0.25, 0.3) is 0 Å². The van der Waals surface area contributed by atoms with Gasteiger partial charge in [-0.3, -0.25) is 11.1 Å². The number of alkyl carbamates (subject to hydrolysis) is 1. The average molecular weight is 276 g/mol. The first-order valence-corrected chi connectivity index (χ1v) is 6.02. The highest BCUT2D eigenvalue weighted by atomic mass is 16.6. The largest absolute Gasteiger partial charge is 0.466 e. The molecule has 0 bridgehead atoms. The van der Waals surface area contributed by atoms with Crippen LogP contribution >= 0.6 is 0 Å². The molecule has 7 nitrogen and oxygen atoms in total. The molecule has 1 atom stereocenters. The quantitative estimate of drug-likeness (QED) is 0.422. The SMILES string of the molecule is COCCCC(N)(NC(=O)OC(C)(C)C)C(=O)OC. The molecular formula is C12H24N2O5. The molecule has 0 saturated heterocycles. The summed E-state index contributed by atoms with van der Waals surface area (Å²) in [5, 5.41) is 2.35. The van der Waals surface area contributed by atoms with Crippen molar-refractivity contribution >= 4 is 12.1 Å². The van der Waals surface area contributed by atoms with Gasteiger partial charge in [-0.05, 0) is 33.6 Å². The Hall–Kier alpha value is -1.34. The Morgan fingerprint density at radius 1 is 1.21 bits per heavy atom. The predicted molar refractivity (Wildman–Crippen MR) is 69.4 cm³/mol. The molecule has 0 fully saturated rings. The van der Waals surface area contributed by atoms with Crippen molar-refractivity contribution in [1.29, 1.82) is 0 Å². The molecule has 19 heavy (non-hydrogen) atoms. The van der Waals surface area contributed by atoms with Crippen LogP contribution in [0.25, 0.3) is 0 Å². The summed E-state index contributed by atoms with van der Waals surface area (Å²) in [6, 6.07) is 0. The Labute approximate surface area is 113 Å². The van der Waals surface area contributed by atoms with E-state index in [1.54, 1.807) is 20.8 Å². The normalized spacial score (nSPS) is 14.4. The van der Waals surface area contributed by atoms with E-state index in [0.29, 0.717) is 13.0 Å². The van der Waals surface area contributed by atoms with Gasteiger partial charge in [0.1, 0.15) is 5.60 Å². The number of nitrogens with one attached hydrogen (secondary N) is 1. The van der Waals surface area contributed by atoms with Crippen LogP contribution in [0.15, 0.2) is 0 Å². The fourth-order valence-corrected chi connectivity index (χ4v) is 1.38. The van der Waals surface area contributed by atoms with Crippen LogP contribution in [-0.2, 0) is 19.0 Å². The first kappa shape index (κ1) is 17.7. The number of carbonyl (C=O) groups is 2. The zero-order valence-corrected chi connectivity index (χ0v) is 12.2. The summed E-state index contributed by atoms with van der Waals surface area (Å²) in [4.78, 5) is 23.3. The van der Waals surface area contributed by atoms with Gasteiger partial charge in [-0.25, -0.2) is 9.59 Å². The van der Waals surface area contributed by atoms with Gasteiger partial charge in [0.05, 0.1) is 7.11 Å². The molecule has 0 aromatic heterocycles. The first-order valence-electron chi connectivity index (χ1n) is 6.02. The maximum atomic E-state index is 11.7. The highest BCUT2D eigenvalue weighted by Crippen LogP contribution is 2.12. The molecule has 0 heterocycles. The van der Waals surface area contributed by atoms with Gasteiger partial charge in [-0.2, -0.15) is 0 Å². The second-order valence-corrected chi connectivity index (χ2v) is 5.19. The number of hydrogen-bond donors (Lipinski definition) is 2. The van der Waals surface area contributed by atoms with Crippen molar-refractivity contribution in [3.05, 3.63) is 0 Å². The van der Waals surface area contributed by atoms with Gasteiger partial charge in [0, 0.05) is 13.7 Å². The summed E-state index contributed by atoms with van der Waals surface area (Å²) >= 11 is 0. The van der Waals surface area contributed by atoms with Crippen LogP contribution in [0.4, 0.5) is 4.79 Å². The molecule has 112 valence electrons. The van der Waals surface area contributed by atoms with Gasteiger partial charge in [0.15, 0.2) is 5.66 Å². The van der Waals surface area contributed by atoms with E-state index in [9.17, 15) is 9.59 Å². The monoisotopic (exact) mass is 276 g/mol. The number of esters is 1. The number of methoxy groups -OCH3 is 2. The van der Waals surface area contributed by atoms with E-state index in [-0.39, 0.29) is 6.42 Å². The smallest absolute Gasteiger partial charge is 0.409 e. The van der Waals surface area contributed by atoms with Crippen LogP contribution in [0, 0.1) is 0 Å². The summed E-state index contributed by atoms with van der Waals surface area (Å²) in [6.07, 6.45) is -0.0807. The predicted octanol–water partition coefficient (Wildman–Crippen LogP) is 0.766. The molecule has 1 amide bonds. The topological polar surface area (TPSA) is 99.9 Å². The third-order valence-electron chi connectivity index (χ3n) is 2.19. The van der Waals surface area contributed by atoms with Crippen LogP contribution < -0.4 is 11.1 Å². The van der Waals surface area contributed by atoms with Gasteiger partial charge in [-0.15, -0.1) is 0 Å². The molecule has 0 spiro atoms. The average Bonchev–Trinajstić information content (AvgIpc) is 2.25. The minimum atomic E-state index is -1.62. The molecule has 1 unspecified atom stereocenters. The van der Waals surface area contributed by atoms with E-state index < -0.39 is 23.3 Å². The highest BCUT2D eigenvalue weighted by molar-refractivity contribution is 5.85. The number of ether oxygens (including phenoxy) is 3. The van der Waals surface area contributed by atoms with Crippen LogP contribution in [0.1, 0.15) is 33.6 Å². The lowest BCUT2D eigenvalue weighted by atomic mass is 10.1. The first-order chi connectivity index (χ1) is 8.64. The molecule has 0 rings (SSSR count). The summed E-state index contributed by atoms with van der Waals surface area (Å²) in [7, 11) is 2.74. The Morgan fingerprint density at radius 2 is 1.79 bits per heavy atom. The van der Waals surface area contributed by atoms with Gasteiger partial charge in [-0.1, -0.05) is 0 Å². The van der Waals surface area contributed by atoms with E-state index >= 15 is 0 Å². The number of hydrogen-bond acceptors (Lipinski definition) is 6. The number of amides is 1. The maximum absolute atomic E-state index is 11.7. The zero-order chi connectivity index (χ0) is 15.1. The third-order valence-corrected chi connectivity index (χ3v) is 2.19. The fraction of sp³-hybridized carbons (Fsp3) is 0.833. The van der Waals surface area contributed by atoms with E-state index in [1.165, 1.54) is 14.2 Å². The Bertz CT molecular complexity index is 314. The number of carbonyl (C=O) groups excluding carboxylic acids is 2. The van der Waals surface area contributed by atoms with Crippen LogP contribution in [-0.4, -0.2) is 44.2 Å². The van der Waals surface area contributed by atoms with Crippen molar-refractivity contribution < 1.29 is 23.8 Å². The molecule has 0 radical (unpaired) electrons. The molecule has 0 aliphatic carbocycles. The Kier molecular flexibility index (Phi) is 6.78. The third kappa shape index (κ3) is 6.97. The molecule has 0 aliphatic rings. The molecule has 0 aromatic rings. The van der Waals surface area contributed by atoms with Gasteiger partial charge >= 0.3 is 12.1 Å². The molecule has 0 aromatic carbocycles. The number of nitrogens with two attached hydrogens (primary N) is 1. The maximum Gasteiger partial charge on any atom is 0.409 e. The van der Waals surface area contributed by atoms with Crippen LogP contribution in [0.3, 0.4) is 0 Å². The van der Waals surface area contributed by atoms with Gasteiger partial charge in [0.2, 0.25) is 0 Å². The van der Waals surface area contributed by atoms with Crippen molar-refractivity contribution in [3.63, 3.8) is 0 Å². The lowest BCUT2D eigenvalue weighted by Gasteiger charge is -2.29. The fourth-order valence-electron chi connectivity index (χ4n) is 1.38. The Balaban J connectivity index is 4.67. The van der Waals surface area contributed by atoms with E-state index in [2.05, 4.69) is 10.1 Å². The molecule has 0 saturated carbocycles. The minimum Gasteiger partial charge on any atom is -0.466 e. The van der Waals surface area contributed by atoms with Crippen molar-refractivity contribution in [2.24, 2.45) is 5.73 Å². The summed E-state index contributed by atoms with van der Waals surface area (Å²) in [6.45, 7) is 5.57. The second-order valence-electron chi connectivity index (χ2n) is 5.19. The van der Waals surface area contributed by atoms with Crippen molar-refractivity contribution in [1.82, 2.24) is 5.32 Å². The van der Waals surface area contributed by atoms with Gasteiger partial charge < -0.3 is 14.2 Å². The summed E-state index contributed by atoms with van der Waals surface area (Å²) in [5.41, 5.74) is 3.58.